The third kappa shape index (κ3) is 4.94. The molecule has 1 amide bonds. The fourth-order valence-electron chi connectivity index (χ4n) is 2.61. The predicted octanol–water partition coefficient (Wildman–Crippen LogP) is 4.11. The van der Waals surface area contributed by atoms with Crippen molar-refractivity contribution >= 4 is 29.3 Å². The van der Waals surface area contributed by atoms with Crippen LogP contribution < -0.4 is 10.1 Å². The molecule has 0 aliphatic rings. The molecule has 29 heavy (non-hydrogen) atoms. The van der Waals surface area contributed by atoms with Gasteiger partial charge in [0.15, 0.2) is 11.9 Å². The van der Waals surface area contributed by atoms with Gasteiger partial charge >= 0.3 is 5.97 Å². The van der Waals surface area contributed by atoms with E-state index in [-0.39, 0.29) is 18.0 Å². The van der Waals surface area contributed by atoms with Crippen LogP contribution in [-0.4, -0.2) is 34.4 Å². The quantitative estimate of drug-likeness (QED) is 0.589. The maximum absolute atomic E-state index is 12.8. The van der Waals surface area contributed by atoms with Gasteiger partial charge in [0, 0.05) is 5.02 Å². The number of anilines is 1. The number of benzene rings is 2. The highest BCUT2D eigenvalue weighted by atomic mass is 35.5. The normalized spacial score (nSPS) is 11.6. The Morgan fingerprint density at radius 1 is 1.17 bits per heavy atom. The number of ether oxygens (including phenoxy) is 2. The van der Waals surface area contributed by atoms with Gasteiger partial charge in [-0.3, -0.25) is 4.79 Å². The first-order valence-electron chi connectivity index (χ1n) is 9.03. The van der Waals surface area contributed by atoms with Crippen molar-refractivity contribution in [3.05, 3.63) is 71.4 Å². The minimum absolute atomic E-state index is 0.152. The second kappa shape index (κ2) is 9.25. The maximum Gasteiger partial charge on any atom is 0.343 e. The first kappa shape index (κ1) is 20.4. The lowest BCUT2D eigenvalue weighted by molar-refractivity contribution is -0.122. The molecule has 0 radical (unpaired) electrons. The van der Waals surface area contributed by atoms with Crippen LogP contribution in [0.2, 0.25) is 5.02 Å². The first-order chi connectivity index (χ1) is 14.0. The van der Waals surface area contributed by atoms with Crippen LogP contribution in [0.1, 0.15) is 24.2 Å². The fraction of sp³-hybridized carbons (Fsp3) is 0.190. The van der Waals surface area contributed by atoms with Gasteiger partial charge in [-0.25, -0.2) is 9.48 Å². The Morgan fingerprint density at radius 2 is 1.93 bits per heavy atom. The first-order valence-corrected chi connectivity index (χ1v) is 9.41. The van der Waals surface area contributed by atoms with E-state index in [4.69, 9.17) is 21.1 Å². The number of nitrogens with zero attached hydrogens (tertiary/aromatic N) is 2. The molecule has 0 aliphatic heterocycles. The number of rotatable bonds is 7. The van der Waals surface area contributed by atoms with E-state index in [1.807, 2.05) is 30.3 Å². The van der Waals surface area contributed by atoms with Gasteiger partial charge in [0.25, 0.3) is 5.91 Å². The number of halogens is 1. The van der Waals surface area contributed by atoms with E-state index in [9.17, 15) is 9.59 Å². The number of amides is 1. The van der Waals surface area contributed by atoms with E-state index in [2.05, 4.69) is 10.4 Å². The smallest absolute Gasteiger partial charge is 0.343 e. The Morgan fingerprint density at radius 3 is 2.62 bits per heavy atom. The standard InChI is InChI=1S/C21H20ClN3O4/c1-3-28-21(27)18-13-23-25(16-9-5-4-6-10-16)19(18)24-20(26)14(2)29-17-11-7-8-15(22)12-17/h4-14H,3H2,1-2H3,(H,24,26). The molecule has 8 heteroatoms. The van der Waals surface area contributed by atoms with E-state index in [0.29, 0.717) is 16.5 Å². The summed E-state index contributed by atoms with van der Waals surface area (Å²) in [5.41, 5.74) is 0.834. The third-order valence-corrected chi connectivity index (χ3v) is 4.22. The van der Waals surface area contributed by atoms with Crippen molar-refractivity contribution in [3.63, 3.8) is 0 Å². The van der Waals surface area contributed by atoms with Crippen LogP contribution in [0.3, 0.4) is 0 Å². The van der Waals surface area contributed by atoms with Crippen LogP contribution in [0.25, 0.3) is 5.69 Å². The molecule has 0 saturated carbocycles. The second-order valence-electron chi connectivity index (χ2n) is 6.08. The number of hydrogen-bond acceptors (Lipinski definition) is 5. The summed E-state index contributed by atoms with van der Waals surface area (Å²) in [6, 6.07) is 15.9. The van der Waals surface area contributed by atoms with Crippen molar-refractivity contribution in [1.29, 1.82) is 0 Å². The van der Waals surface area contributed by atoms with Crippen molar-refractivity contribution < 1.29 is 19.1 Å². The Bertz CT molecular complexity index is 1000. The lowest BCUT2D eigenvalue weighted by atomic mass is 10.2. The molecule has 0 aliphatic carbocycles. The van der Waals surface area contributed by atoms with Crippen molar-refractivity contribution in [3.8, 4) is 11.4 Å². The minimum atomic E-state index is -0.845. The SMILES string of the molecule is CCOC(=O)c1cnn(-c2ccccc2)c1NC(=O)C(C)Oc1cccc(Cl)c1. The number of aromatic nitrogens is 2. The van der Waals surface area contributed by atoms with Crippen LogP contribution in [0.4, 0.5) is 5.82 Å². The Hall–Kier alpha value is -3.32. The summed E-state index contributed by atoms with van der Waals surface area (Å²) in [5.74, 6) is -0.356. The lowest BCUT2D eigenvalue weighted by Crippen LogP contribution is -2.31. The van der Waals surface area contributed by atoms with Crippen molar-refractivity contribution in [2.45, 2.75) is 20.0 Å². The molecule has 1 heterocycles. The molecule has 1 aromatic heterocycles. The summed E-state index contributed by atoms with van der Waals surface area (Å²) in [6.07, 6.45) is 0.519. The zero-order valence-electron chi connectivity index (χ0n) is 16.0. The Kier molecular flexibility index (Phi) is 6.51. The predicted molar refractivity (Wildman–Crippen MR) is 110 cm³/mol. The summed E-state index contributed by atoms with van der Waals surface area (Å²) in [7, 11) is 0. The maximum atomic E-state index is 12.8. The summed E-state index contributed by atoms with van der Waals surface area (Å²) in [5, 5.41) is 7.48. The van der Waals surface area contributed by atoms with Crippen LogP contribution in [0.5, 0.6) is 5.75 Å². The van der Waals surface area contributed by atoms with Gasteiger partial charge in [0.2, 0.25) is 0 Å². The van der Waals surface area contributed by atoms with Crippen molar-refractivity contribution in [2.75, 3.05) is 11.9 Å². The monoisotopic (exact) mass is 413 g/mol. The second-order valence-corrected chi connectivity index (χ2v) is 6.52. The molecular weight excluding hydrogens is 394 g/mol. The average Bonchev–Trinajstić information content (AvgIpc) is 3.12. The van der Waals surface area contributed by atoms with Gasteiger partial charge in [0.1, 0.15) is 11.3 Å². The average molecular weight is 414 g/mol. The molecule has 0 spiro atoms. The zero-order chi connectivity index (χ0) is 20.8. The summed E-state index contributed by atoms with van der Waals surface area (Å²) in [6.45, 7) is 3.51. The van der Waals surface area contributed by atoms with Gasteiger partial charge < -0.3 is 14.8 Å². The van der Waals surface area contributed by atoms with E-state index in [1.54, 1.807) is 38.1 Å². The van der Waals surface area contributed by atoms with E-state index in [0.717, 1.165) is 0 Å². The molecule has 3 rings (SSSR count). The number of hydrogen-bond donors (Lipinski definition) is 1. The number of para-hydroxylation sites is 1. The summed E-state index contributed by atoms with van der Waals surface area (Å²) < 4.78 is 12.2. The third-order valence-electron chi connectivity index (χ3n) is 3.99. The summed E-state index contributed by atoms with van der Waals surface area (Å²) >= 11 is 5.95. The molecular formula is C21H20ClN3O4. The molecule has 2 aromatic carbocycles. The van der Waals surface area contributed by atoms with Crippen LogP contribution >= 0.6 is 11.6 Å². The fourth-order valence-corrected chi connectivity index (χ4v) is 2.79. The van der Waals surface area contributed by atoms with Crippen molar-refractivity contribution in [2.24, 2.45) is 0 Å². The van der Waals surface area contributed by atoms with Crippen molar-refractivity contribution in [1.82, 2.24) is 9.78 Å². The zero-order valence-corrected chi connectivity index (χ0v) is 16.7. The molecule has 1 N–H and O–H groups in total. The minimum Gasteiger partial charge on any atom is -0.481 e. The van der Waals surface area contributed by atoms with Gasteiger partial charge in [0.05, 0.1) is 18.5 Å². The van der Waals surface area contributed by atoms with E-state index < -0.39 is 18.0 Å². The number of carbonyl (C=O) groups is 2. The molecule has 7 nitrogen and oxygen atoms in total. The largest absolute Gasteiger partial charge is 0.481 e. The molecule has 1 unspecified atom stereocenters. The molecule has 150 valence electrons. The van der Waals surface area contributed by atoms with Crippen LogP contribution in [0, 0.1) is 0 Å². The summed E-state index contributed by atoms with van der Waals surface area (Å²) in [4.78, 5) is 25.1. The number of esters is 1. The van der Waals surface area contributed by atoms with Gasteiger partial charge in [-0.1, -0.05) is 35.9 Å². The van der Waals surface area contributed by atoms with E-state index in [1.165, 1.54) is 10.9 Å². The molecule has 1 atom stereocenters. The van der Waals surface area contributed by atoms with Crippen LogP contribution in [0.15, 0.2) is 60.8 Å². The topological polar surface area (TPSA) is 82.5 Å². The molecule has 0 bridgehead atoms. The molecule has 0 saturated heterocycles. The Labute approximate surface area is 173 Å². The molecule has 0 fully saturated rings. The highest BCUT2D eigenvalue weighted by Gasteiger charge is 2.24. The van der Waals surface area contributed by atoms with Gasteiger partial charge in [-0.05, 0) is 44.2 Å². The van der Waals surface area contributed by atoms with Gasteiger partial charge in [-0.15, -0.1) is 0 Å². The number of nitrogens with one attached hydrogen (secondary N) is 1. The molecule has 3 aromatic rings. The van der Waals surface area contributed by atoms with Gasteiger partial charge in [-0.2, -0.15) is 5.10 Å². The Balaban J connectivity index is 1.86. The highest BCUT2D eigenvalue weighted by Crippen LogP contribution is 2.23. The van der Waals surface area contributed by atoms with E-state index >= 15 is 0 Å². The highest BCUT2D eigenvalue weighted by molar-refractivity contribution is 6.30. The lowest BCUT2D eigenvalue weighted by Gasteiger charge is -2.16. The van der Waals surface area contributed by atoms with Crippen LogP contribution in [-0.2, 0) is 9.53 Å². The number of carbonyl (C=O) groups excluding carboxylic acids is 2.